The standard InChI is InChI=1S/C29H33F3N4O4S2/c1-4-42(38,39)23-7-6-22(33-17-23)16-35-27(37)24-14-21-13-18(2)40-28(26(21)41-24)9-11-36(12-10-28)19(3)20-5-8-25(34-15-20)29(30,31)32/h5-8,14-15,17-19H,4,9-13,16H2,1-3H3,(H,35,37). The fourth-order valence-electron chi connectivity index (χ4n) is 5.64. The Balaban J connectivity index is 1.25. The molecule has 0 saturated carbocycles. The molecule has 3 aromatic rings. The predicted molar refractivity (Wildman–Crippen MR) is 152 cm³/mol. The number of nitrogens with zero attached hydrogens (tertiary/aromatic N) is 3. The van der Waals surface area contributed by atoms with E-state index in [1.165, 1.54) is 35.9 Å². The van der Waals surface area contributed by atoms with Crippen LogP contribution in [-0.4, -0.2) is 54.1 Å². The molecule has 0 bridgehead atoms. The Hall–Kier alpha value is -2.87. The number of halogens is 3. The number of hydrogen-bond acceptors (Lipinski definition) is 8. The average Bonchev–Trinajstić information content (AvgIpc) is 3.41. The maximum Gasteiger partial charge on any atom is 0.433 e. The van der Waals surface area contributed by atoms with Gasteiger partial charge in [-0.1, -0.05) is 13.0 Å². The van der Waals surface area contributed by atoms with Crippen molar-refractivity contribution in [3.05, 3.63) is 75.0 Å². The first-order valence-corrected chi connectivity index (χ1v) is 16.3. The number of piperidine rings is 1. The Morgan fingerprint density at radius 3 is 2.52 bits per heavy atom. The zero-order valence-corrected chi connectivity index (χ0v) is 25.2. The van der Waals surface area contributed by atoms with E-state index >= 15 is 0 Å². The minimum Gasteiger partial charge on any atom is -0.366 e. The molecule has 2 unspecified atom stereocenters. The normalized spacial score (nSPS) is 19.8. The van der Waals surface area contributed by atoms with E-state index in [4.69, 9.17) is 4.74 Å². The number of hydrogen-bond donors (Lipinski definition) is 1. The molecule has 1 fully saturated rings. The molecular formula is C29H33F3N4O4S2. The molecule has 3 aromatic heterocycles. The van der Waals surface area contributed by atoms with Crippen LogP contribution in [-0.2, 0) is 39.3 Å². The van der Waals surface area contributed by atoms with Crippen LogP contribution in [0.5, 0.6) is 0 Å². The van der Waals surface area contributed by atoms with E-state index < -0.39 is 27.3 Å². The Bertz CT molecular complexity index is 1530. The van der Waals surface area contributed by atoms with Crippen LogP contribution < -0.4 is 5.32 Å². The number of carbonyl (C=O) groups is 1. The van der Waals surface area contributed by atoms with E-state index in [0.29, 0.717) is 42.9 Å². The third-order valence-corrected chi connectivity index (χ3v) is 11.1. The minimum atomic E-state index is -4.47. The van der Waals surface area contributed by atoms with Crippen LogP contribution in [0, 0.1) is 0 Å². The van der Waals surface area contributed by atoms with E-state index in [9.17, 15) is 26.4 Å². The smallest absolute Gasteiger partial charge is 0.366 e. The average molecular weight is 623 g/mol. The quantitative estimate of drug-likeness (QED) is 0.382. The zero-order valence-electron chi connectivity index (χ0n) is 23.6. The first-order chi connectivity index (χ1) is 19.8. The molecule has 1 N–H and O–H groups in total. The second-order valence-corrected chi connectivity index (χ2v) is 14.2. The number of pyridine rings is 2. The summed E-state index contributed by atoms with van der Waals surface area (Å²) >= 11 is 1.43. The Kier molecular flexibility index (Phi) is 8.49. The van der Waals surface area contributed by atoms with Gasteiger partial charge in [0.25, 0.3) is 5.91 Å². The molecular weight excluding hydrogens is 589 g/mol. The first-order valence-electron chi connectivity index (χ1n) is 13.9. The van der Waals surface area contributed by atoms with Crippen LogP contribution in [0.4, 0.5) is 13.2 Å². The van der Waals surface area contributed by atoms with Crippen LogP contribution in [0.3, 0.4) is 0 Å². The molecule has 8 nitrogen and oxygen atoms in total. The lowest BCUT2D eigenvalue weighted by molar-refractivity contribution is -0.141. The Morgan fingerprint density at radius 2 is 1.93 bits per heavy atom. The SMILES string of the molecule is CCS(=O)(=O)c1ccc(CNC(=O)c2cc3c(s2)C2(CCN(C(C)c4ccc(C(F)(F)F)nc4)CC2)OC(C)C3)nc1. The molecule has 0 aromatic carbocycles. The predicted octanol–water partition coefficient (Wildman–Crippen LogP) is 5.29. The number of nitrogens with one attached hydrogen (secondary N) is 1. The summed E-state index contributed by atoms with van der Waals surface area (Å²) in [5, 5.41) is 2.89. The molecule has 2 atom stereocenters. The summed E-state index contributed by atoms with van der Waals surface area (Å²) in [4.78, 5) is 24.9. The van der Waals surface area contributed by atoms with E-state index in [-0.39, 0.29) is 35.2 Å². The molecule has 1 saturated heterocycles. The number of amides is 1. The number of sulfone groups is 1. The molecule has 226 valence electrons. The molecule has 1 amide bonds. The highest BCUT2D eigenvalue weighted by molar-refractivity contribution is 7.91. The van der Waals surface area contributed by atoms with Gasteiger partial charge in [-0.25, -0.2) is 8.42 Å². The van der Waals surface area contributed by atoms with Gasteiger partial charge in [-0.2, -0.15) is 13.2 Å². The number of ether oxygens (including phenoxy) is 1. The van der Waals surface area contributed by atoms with Gasteiger partial charge in [0, 0.05) is 36.4 Å². The largest absolute Gasteiger partial charge is 0.433 e. The zero-order chi connectivity index (χ0) is 30.3. The van der Waals surface area contributed by atoms with Crippen molar-refractivity contribution in [2.75, 3.05) is 18.8 Å². The van der Waals surface area contributed by atoms with Crippen molar-refractivity contribution in [1.82, 2.24) is 20.2 Å². The summed E-state index contributed by atoms with van der Waals surface area (Å²) in [6.07, 6.45) is 0.220. The first kappa shape index (κ1) is 30.6. The van der Waals surface area contributed by atoms with E-state index in [1.54, 1.807) is 13.0 Å². The summed E-state index contributed by atoms with van der Waals surface area (Å²) in [5.41, 5.74) is 0.959. The van der Waals surface area contributed by atoms with Crippen molar-refractivity contribution in [1.29, 1.82) is 0 Å². The summed E-state index contributed by atoms with van der Waals surface area (Å²) < 4.78 is 69.4. The molecule has 5 heterocycles. The fraction of sp³-hybridized carbons (Fsp3) is 0.483. The molecule has 13 heteroatoms. The summed E-state index contributed by atoms with van der Waals surface area (Å²) in [6, 6.07) is 7.44. The molecule has 0 radical (unpaired) electrons. The highest BCUT2D eigenvalue weighted by atomic mass is 32.2. The molecule has 5 rings (SSSR count). The third kappa shape index (κ3) is 6.24. The molecule has 2 aliphatic rings. The third-order valence-electron chi connectivity index (χ3n) is 8.06. The van der Waals surface area contributed by atoms with Crippen LogP contribution in [0.1, 0.15) is 76.7 Å². The second kappa shape index (κ2) is 11.7. The maximum atomic E-state index is 13.1. The van der Waals surface area contributed by atoms with Gasteiger partial charge in [-0.05, 0) is 68.5 Å². The van der Waals surface area contributed by atoms with Crippen molar-refractivity contribution >= 4 is 27.1 Å². The van der Waals surface area contributed by atoms with Gasteiger partial charge in [-0.15, -0.1) is 11.3 Å². The van der Waals surface area contributed by atoms with Gasteiger partial charge in [0.05, 0.1) is 33.9 Å². The van der Waals surface area contributed by atoms with Crippen molar-refractivity contribution in [2.24, 2.45) is 0 Å². The van der Waals surface area contributed by atoms with Crippen LogP contribution >= 0.6 is 11.3 Å². The van der Waals surface area contributed by atoms with Gasteiger partial charge >= 0.3 is 6.18 Å². The van der Waals surface area contributed by atoms with Crippen molar-refractivity contribution in [3.63, 3.8) is 0 Å². The number of thiophene rings is 1. The van der Waals surface area contributed by atoms with E-state index in [0.717, 1.165) is 22.1 Å². The van der Waals surface area contributed by atoms with Crippen LogP contribution in [0.15, 0.2) is 47.6 Å². The number of likely N-dealkylation sites (tertiary alicyclic amines) is 1. The lowest BCUT2D eigenvalue weighted by atomic mass is 9.83. The lowest BCUT2D eigenvalue weighted by Crippen LogP contribution is -2.48. The number of rotatable bonds is 7. The van der Waals surface area contributed by atoms with Gasteiger partial charge < -0.3 is 10.1 Å². The maximum absolute atomic E-state index is 13.1. The number of alkyl halides is 3. The Morgan fingerprint density at radius 1 is 1.19 bits per heavy atom. The van der Waals surface area contributed by atoms with Gasteiger partial charge in [-0.3, -0.25) is 19.7 Å². The summed E-state index contributed by atoms with van der Waals surface area (Å²) in [6.45, 7) is 7.10. The van der Waals surface area contributed by atoms with Gasteiger partial charge in [0.1, 0.15) is 11.3 Å². The van der Waals surface area contributed by atoms with Crippen LogP contribution in [0.2, 0.25) is 0 Å². The number of aromatic nitrogens is 2. The van der Waals surface area contributed by atoms with Crippen LogP contribution in [0.25, 0.3) is 0 Å². The monoisotopic (exact) mass is 622 g/mol. The molecule has 0 aliphatic carbocycles. The van der Waals surface area contributed by atoms with Crippen molar-refractivity contribution in [2.45, 2.75) is 75.4 Å². The number of fused-ring (bicyclic) bond motifs is 2. The molecule has 42 heavy (non-hydrogen) atoms. The van der Waals surface area contributed by atoms with Crippen molar-refractivity contribution < 1.29 is 31.1 Å². The Labute approximate surface area is 247 Å². The van der Waals surface area contributed by atoms with Crippen molar-refractivity contribution in [3.8, 4) is 0 Å². The van der Waals surface area contributed by atoms with E-state index in [1.807, 2.05) is 19.9 Å². The van der Waals surface area contributed by atoms with Gasteiger partial charge in [0.2, 0.25) is 0 Å². The summed E-state index contributed by atoms with van der Waals surface area (Å²) in [7, 11) is -3.34. The highest BCUT2D eigenvalue weighted by Crippen LogP contribution is 2.48. The van der Waals surface area contributed by atoms with E-state index in [2.05, 4.69) is 20.2 Å². The second-order valence-electron chi connectivity index (χ2n) is 10.8. The molecule has 1 spiro atoms. The fourth-order valence-corrected chi connectivity index (χ4v) is 7.76. The number of carbonyl (C=O) groups excluding carboxylic acids is 1. The minimum absolute atomic E-state index is 0.00861. The highest BCUT2D eigenvalue weighted by Gasteiger charge is 2.45. The molecule has 2 aliphatic heterocycles. The topological polar surface area (TPSA) is 101 Å². The van der Waals surface area contributed by atoms with Gasteiger partial charge in [0.15, 0.2) is 9.84 Å². The lowest BCUT2D eigenvalue weighted by Gasteiger charge is -2.47. The summed E-state index contributed by atoms with van der Waals surface area (Å²) in [5.74, 6) is -0.240.